The van der Waals surface area contributed by atoms with Crippen LogP contribution in [0.1, 0.15) is 40.2 Å². The summed E-state index contributed by atoms with van der Waals surface area (Å²) in [5.74, 6) is 0. The Morgan fingerprint density at radius 3 is 2.71 bits per heavy atom. The van der Waals surface area contributed by atoms with Crippen molar-refractivity contribution in [1.29, 1.82) is 0 Å². The molecule has 182 valence electrons. The molecular weight excluding hydrogens is 464 g/mol. The van der Waals surface area contributed by atoms with Crippen LogP contribution in [-0.2, 0) is 11.8 Å². The monoisotopic (exact) mass is 492 g/mol. The topological polar surface area (TPSA) is 75.5 Å². The lowest BCUT2D eigenvalue weighted by Crippen LogP contribution is -2.46. The van der Waals surface area contributed by atoms with E-state index in [-0.39, 0.29) is 6.04 Å². The number of fused-ring (bicyclic) bond motifs is 2. The van der Waals surface area contributed by atoms with E-state index in [0.717, 1.165) is 59.8 Å². The fourth-order valence-electron chi connectivity index (χ4n) is 5.01. The van der Waals surface area contributed by atoms with Gasteiger partial charge < -0.3 is 19.5 Å². The number of carbonyl (C=O) groups is 1. The second-order valence-corrected chi connectivity index (χ2v) is 9.49. The van der Waals surface area contributed by atoms with Gasteiger partial charge in [-0.15, -0.1) is 0 Å². The molecule has 0 saturated carbocycles. The van der Waals surface area contributed by atoms with Crippen molar-refractivity contribution in [2.75, 3.05) is 40.3 Å². The van der Waals surface area contributed by atoms with Gasteiger partial charge in [-0.1, -0.05) is 23.7 Å². The van der Waals surface area contributed by atoms with E-state index in [1.54, 1.807) is 12.5 Å². The molecule has 1 aliphatic heterocycles. The minimum Gasteiger partial charge on any atom is -0.453 e. The molecule has 5 rings (SSSR count). The first kappa shape index (κ1) is 23.5. The predicted octanol–water partition coefficient (Wildman–Crippen LogP) is 3.76. The van der Waals surface area contributed by atoms with E-state index in [0.29, 0.717) is 5.02 Å². The summed E-state index contributed by atoms with van der Waals surface area (Å²) in [5, 5.41) is 3.66. The molecule has 3 heterocycles. The van der Waals surface area contributed by atoms with Crippen molar-refractivity contribution in [3.63, 3.8) is 0 Å². The predicted molar refractivity (Wildman–Crippen MR) is 136 cm³/mol. The molecule has 0 radical (unpaired) electrons. The number of imidazole rings is 1. The molecule has 35 heavy (non-hydrogen) atoms. The molecule has 9 heteroatoms. The SMILES string of the molecule is COC(=O)NC(C1=Cc2cccnc2[C@@H](N2CCN(C)CC2)c2ccc(Cl)cc21)c1cncn1C. The third-order valence-corrected chi connectivity index (χ3v) is 7.11. The molecule has 1 saturated heterocycles. The zero-order valence-electron chi connectivity index (χ0n) is 20.1. The first-order valence-corrected chi connectivity index (χ1v) is 12.0. The van der Waals surface area contributed by atoms with Crippen LogP contribution in [0.4, 0.5) is 4.79 Å². The van der Waals surface area contributed by atoms with E-state index in [9.17, 15) is 4.79 Å². The fraction of sp³-hybridized carbons (Fsp3) is 0.346. The van der Waals surface area contributed by atoms with Gasteiger partial charge in [-0.25, -0.2) is 9.78 Å². The van der Waals surface area contributed by atoms with Crippen LogP contribution >= 0.6 is 11.6 Å². The van der Waals surface area contributed by atoms with Crippen LogP contribution in [0, 0.1) is 0 Å². The lowest BCUT2D eigenvalue weighted by molar-refractivity contribution is 0.125. The molecule has 1 aromatic carbocycles. The Hall–Kier alpha value is -3.20. The summed E-state index contributed by atoms with van der Waals surface area (Å²) in [6.45, 7) is 3.84. The minimum atomic E-state index is -0.521. The third-order valence-electron chi connectivity index (χ3n) is 6.87. The average Bonchev–Trinajstić information content (AvgIpc) is 3.23. The second kappa shape index (κ2) is 9.81. The molecule has 1 aliphatic carbocycles. The number of hydrogen-bond acceptors (Lipinski definition) is 6. The number of halogens is 1. The number of piperazine rings is 1. The van der Waals surface area contributed by atoms with Crippen LogP contribution < -0.4 is 5.32 Å². The number of methoxy groups -OCH3 is 1. The van der Waals surface area contributed by atoms with Crippen LogP contribution in [-0.4, -0.2) is 70.8 Å². The summed E-state index contributed by atoms with van der Waals surface area (Å²) >= 11 is 6.56. The molecule has 0 spiro atoms. The summed E-state index contributed by atoms with van der Waals surface area (Å²) in [5.41, 5.74) is 5.83. The number of rotatable bonds is 4. The van der Waals surface area contributed by atoms with E-state index in [1.807, 2.05) is 36.0 Å². The number of nitrogens with one attached hydrogen (secondary N) is 1. The van der Waals surface area contributed by atoms with Gasteiger partial charge in [0, 0.05) is 44.4 Å². The van der Waals surface area contributed by atoms with Crippen LogP contribution in [0.3, 0.4) is 0 Å². The number of alkyl carbamates (subject to hydrolysis) is 1. The van der Waals surface area contributed by atoms with Gasteiger partial charge in [-0.05, 0) is 53.6 Å². The van der Waals surface area contributed by atoms with Gasteiger partial charge in [0.25, 0.3) is 0 Å². The average molecular weight is 493 g/mol. The number of amides is 1. The Kier molecular flexibility index (Phi) is 6.60. The molecule has 8 nitrogen and oxygen atoms in total. The summed E-state index contributed by atoms with van der Waals surface area (Å²) in [4.78, 5) is 26.5. The molecule has 1 fully saturated rings. The first-order valence-electron chi connectivity index (χ1n) is 11.7. The first-order chi connectivity index (χ1) is 17.0. The molecule has 3 aromatic rings. The molecule has 2 aromatic heterocycles. The number of carbonyl (C=O) groups excluding carboxylic acids is 1. The van der Waals surface area contributed by atoms with Crippen molar-refractivity contribution in [3.8, 4) is 0 Å². The van der Waals surface area contributed by atoms with Crippen LogP contribution in [0.2, 0.25) is 5.02 Å². The lowest BCUT2D eigenvalue weighted by atomic mass is 9.90. The second-order valence-electron chi connectivity index (χ2n) is 9.05. The highest BCUT2D eigenvalue weighted by molar-refractivity contribution is 6.30. The fourth-order valence-corrected chi connectivity index (χ4v) is 5.18. The summed E-state index contributed by atoms with van der Waals surface area (Å²) in [7, 11) is 5.43. The highest BCUT2D eigenvalue weighted by Crippen LogP contribution is 2.44. The Morgan fingerprint density at radius 1 is 1.20 bits per heavy atom. The molecule has 1 N–H and O–H groups in total. The van der Waals surface area contributed by atoms with Crippen molar-refractivity contribution < 1.29 is 9.53 Å². The summed E-state index contributed by atoms with van der Waals surface area (Å²) in [6.07, 6.45) is 6.92. The normalized spacial score (nSPS) is 19.2. The van der Waals surface area contributed by atoms with E-state index >= 15 is 0 Å². The van der Waals surface area contributed by atoms with E-state index in [4.69, 9.17) is 21.3 Å². The standard InChI is InChI=1S/C26H29ClN6O2/c1-31-9-11-33(12-10-31)25-19-7-6-18(27)14-20(19)21(13-17-5-4-8-29-23(17)25)24(30-26(34)35-3)22-15-28-16-32(22)2/h4-8,13-16,24-25H,9-12H2,1-3H3,(H,30,34)/t24?,25-/m0/s1. The van der Waals surface area contributed by atoms with Crippen LogP contribution in [0.25, 0.3) is 11.6 Å². The van der Waals surface area contributed by atoms with Crippen LogP contribution in [0.15, 0.2) is 49.1 Å². The van der Waals surface area contributed by atoms with Crippen molar-refractivity contribution in [2.24, 2.45) is 7.05 Å². The molecule has 2 atom stereocenters. The maximum absolute atomic E-state index is 12.5. The van der Waals surface area contributed by atoms with Crippen molar-refractivity contribution >= 4 is 29.3 Å². The molecule has 0 bridgehead atoms. The smallest absolute Gasteiger partial charge is 0.407 e. The maximum Gasteiger partial charge on any atom is 0.407 e. The van der Waals surface area contributed by atoms with E-state index < -0.39 is 12.1 Å². The number of aromatic nitrogens is 3. The van der Waals surface area contributed by atoms with Gasteiger partial charge >= 0.3 is 6.09 Å². The zero-order valence-corrected chi connectivity index (χ0v) is 20.9. The highest BCUT2D eigenvalue weighted by atomic mass is 35.5. The van der Waals surface area contributed by atoms with Gasteiger partial charge in [0.15, 0.2) is 0 Å². The Bertz CT molecular complexity index is 1260. The van der Waals surface area contributed by atoms with Gasteiger partial charge in [-0.2, -0.15) is 0 Å². The number of nitrogens with zero attached hydrogens (tertiary/aromatic N) is 5. The van der Waals surface area contributed by atoms with Crippen molar-refractivity contribution in [2.45, 2.75) is 12.1 Å². The quantitative estimate of drug-likeness (QED) is 0.597. The van der Waals surface area contributed by atoms with E-state index in [2.05, 4.69) is 45.4 Å². The number of benzene rings is 1. The zero-order chi connectivity index (χ0) is 24.5. The minimum absolute atomic E-state index is 0.0359. The highest BCUT2D eigenvalue weighted by Gasteiger charge is 2.35. The maximum atomic E-state index is 12.5. The number of aryl methyl sites for hydroxylation is 1. The largest absolute Gasteiger partial charge is 0.453 e. The van der Waals surface area contributed by atoms with Gasteiger partial charge in [-0.3, -0.25) is 9.88 Å². The van der Waals surface area contributed by atoms with Crippen molar-refractivity contribution in [1.82, 2.24) is 29.7 Å². The number of likely N-dealkylation sites (N-methyl/N-ethyl adjacent to an activating group) is 1. The van der Waals surface area contributed by atoms with Crippen molar-refractivity contribution in [3.05, 3.63) is 82.2 Å². The summed E-state index contributed by atoms with van der Waals surface area (Å²) in [6, 6.07) is 9.50. The van der Waals surface area contributed by atoms with Gasteiger partial charge in [0.1, 0.15) is 0 Å². The Morgan fingerprint density at radius 2 is 2.00 bits per heavy atom. The third kappa shape index (κ3) is 4.57. The van der Waals surface area contributed by atoms with Gasteiger partial charge in [0.2, 0.25) is 0 Å². The summed E-state index contributed by atoms with van der Waals surface area (Å²) < 4.78 is 6.89. The Labute approximate surface area is 210 Å². The lowest BCUT2D eigenvalue weighted by Gasteiger charge is -2.38. The molecule has 1 amide bonds. The van der Waals surface area contributed by atoms with E-state index in [1.165, 1.54) is 7.11 Å². The molecule has 1 unspecified atom stereocenters. The number of ether oxygens (including phenoxy) is 1. The van der Waals surface area contributed by atoms with Gasteiger partial charge in [0.05, 0.1) is 43.1 Å². The molecular formula is C26H29ClN6O2. The van der Waals surface area contributed by atoms with Crippen LogP contribution in [0.5, 0.6) is 0 Å². The Balaban J connectivity index is 1.73. The number of hydrogen-bond donors (Lipinski definition) is 1. The number of pyridine rings is 1. The molecule has 2 aliphatic rings.